The maximum Gasteiger partial charge on any atom is 0.244 e. The van der Waals surface area contributed by atoms with Crippen LogP contribution in [0.2, 0.25) is 5.02 Å². The van der Waals surface area contributed by atoms with E-state index < -0.39 is 10.0 Å². The highest BCUT2D eigenvalue weighted by Gasteiger charge is 2.26. The summed E-state index contributed by atoms with van der Waals surface area (Å²) in [5, 5.41) is 3.69. The number of benzene rings is 1. The van der Waals surface area contributed by atoms with Crippen molar-refractivity contribution in [1.82, 2.24) is 9.29 Å². The predicted octanol–water partition coefficient (Wildman–Crippen LogP) is 3.80. The number of thioether (sulfide) groups is 1. The Morgan fingerprint density at radius 2 is 1.81 bits per heavy atom. The number of carbonyl (C=O) groups is 1. The Balaban J connectivity index is 1.35. The number of ether oxygens (including phenoxy) is 2. The molecule has 32 heavy (non-hydrogen) atoms. The summed E-state index contributed by atoms with van der Waals surface area (Å²) in [5.74, 6) is 0.930. The molecule has 1 aromatic heterocycles. The monoisotopic (exact) mass is 497 g/mol. The van der Waals surface area contributed by atoms with E-state index in [9.17, 15) is 13.2 Å². The molecule has 2 aliphatic rings. The minimum Gasteiger partial charge on any atom is -0.490 e. The number of hydrogen-bond acceptors (Lipinski definition) is 7. The third-order valence-corrected chi connectivity index (χ3v) is 8.26. The molecule has 4 rings (SSSR count). The number of pyridine rings is 1. The maximum atomic E-state index is 12.7. The lowest BCUT2D eigenvalue weighted by Crippen LogP contribution is -2.35. The van der Waals surface area contributed by atoms with E-state index in [0.29, 0.717) is 53.5 Å². The van der Waals surface area contributed by atoms with Gasteiger partial charge in [-0.2, -0.15) is 4.31 Å². The number of amides is 1. The second-order valence-corrected chi connectivity index (χ2v) is 10.8. The Kier molecular flexibility index (Phi) is 7.44. The molecular formula is C21H24ClN3O5S2. The number of piperidine rings is 1. The maximum absolute atomic E-state index is 12.7. The molecule has 8 nitrogen and oxygen atoms in total. The number of rotatable bonds is 6. The summed E-state index contributed by atoms with van der Waals surface area (Å²) in [4.78, 5) is 16.8. The Bertz CT molecular complexity index is 1070. The van der Waals surface area contributed by atoms with Crippen LogP contribution >= 0.6 is 23.4 Å². The van der Waals surface area contributed by atoms with Crippen LogP contribution in [0.3, 0.4) is 0 Å². The molecule has 0 saturated carbocycles. The van der Waals surface area contributed by atoms with Crippen LogP contribution in [0.5, 0.6) is 11.5 Å². The molecule has 0 spiro atoms. The summed E-state index contributed by atoms with van der Waals surface area (Å²) in [6.45, 7) is 2.17. The molecule has 172 valence electrons. The lowest BCUT2D eigenvalue weighted by atomic mass is 10.2. The first-order valence-electron chi connectivity index (χ1n) is 10.4. The Labute approximate surface area is 196 Å². The van der Waals surface area contributed by atoms with E-state index in [1.165, 1.54) is 28.3 Å². The van der Waals surface area contributed by atoms with Gasteiger partial charge in [-0.1, -0.05) is 29.8 Å². The van der Waals surface area contributed by atoms with Crippen molar-refractivity contribution < 1.29 is 22.7 Å². The SMILES string of the molecule is O=C(CSc1ccc(S(=O)(=O)N2CCCCC2)cn1)Nc1cc2c(cc1Cl)OCCCO2. The van der Waals surface area contributed by atoms with Crippen molar-refractivity contribution in [3.63, 3.8) is 0 Å². The van der Waals surface area contributed by atoms with E-state index in [1.807, 2.05) is 0 Å². The van der Waals surface area contributed by atoms with Crippen molar-refractivity contribution >= 4 is 45.0 Å². The van der Waals surface area contributed by atoms with Gasteiger partial charge in [0.1, 0.15) is 4.90 Å². The van der Waals surface area contributed by atoms with Gasteiger partial charge in [0, 0.05) is 37.8 Å². The summed E-state index contributed by atoms with van der Waals surface area (Å²) in [6, 6.07) is 6.45. The van der Waals surface area contributed by atoms with Crippen LogP contribution in [0.25, 0.3) is 0 Å². The summed E-state index contributed by atoms with van der Waals surface area (Å²) >= 11 is 7.48. The lowest BCUT2D eigenvalue weighted by molar-refractivity contribution is -0.113. The number of hydrogen-bond donors (Lipinski definition) is 1. The zero-order chi connectivity index (χ0) is 22.6. The highest BCUT2D eigenvalue weighted by atomic mass is 35.5. The molecule has 1 amide bonds. The molecule has 0 aliphatic carbocycles. The third kappa shape index (κ3) is 5.48. The van der Waals surface area contributed by atoms with Crippen molar-refractivity contribution in [2.24, 2.45) is 0 Å². The molecule has 0 bridgehead atoms. The zero-order valence-electron chi connectivity index (χ0n) is 17.4. The van der Waals surface area contributed by atoms with E-state index in [0.717, 1.165) is 25.7 Å². The Morgan fingerprint density at radius 1 is 1.09 bits per heavy atom. The molecule has 1 fully saturated rings. The van der Waals surface area contributed by atoms with Gasteiger partial charge in [-0.15, -0.1) is 0 Å². The van der Waals surface area contributed by atoms with Gasteiger partial charge in [0.15, 0.2) is 11.5 Å². The first-order valence-corrected chi connectivity index (χ1v) is 13.2. The van der Waals surface area contributed by atoms with Crippen LogP contribution in [-0.2, 0) is 14.8 Å². The number of halogens is 1. The second-order valence-electron chi connectivity index (χ2n) is 7.46. The summed E-state index contributed by atoms with van der Waals surface area (Å²) < 4.78 is 38.1. The van der Waals surface area contributed by atoms with Gasteiger partial charge >= 0.3 is 0 Å². The standard InChI is InChI=1S/C21H24ClN3O5S2/c22-16-11-18-19(30-10-4-9-29-18)12-17(16)24-20(26)14-31-21-6-5-15(13-23-21)32(27,28)25-7-2-1-3-8-25/h5-6,11-13H,1-4,7-10,14H2,(H,24,26). The molecule has 3 heterocycles. The van der Waals surface area contributed by atoms with Crippen molar-refractivity contribution in [2.75, 3.05) is 37.4 Å². The highest BCUT2D eigenvalue weighted by Crippen LogP contribution is 2.37. The first kappa shape index (κ1) is 23.2. The largest absolute Gasteiger partial charge is 0.490 e. The van der Waals surface area contributed by atoms with Gasteiger partial charge in [0.25, 0.3) is 0 Å². The normalized spacial score (nSPS) is 16.9. The number of carbonyl (C=O) groups excluding carboxylic acids is 1. The van der Waals surface area contributed by atoms with Crippen LogP contribution in [-0.4, -0.2) is 55.7 Å². The lowest BCUT2D eigenvalue weighted by Gasteiger charge is -2.25. The van der Waals surface area contributed by atoms with E-state index in [4.69, 9.17) is 21.1 Å². The quantitative estimate of drug-likeness (QED) is 0.606. The number of nitrogens with zero attached hydrogens (tertiary/aromatic N) is 2. The number of nitrogens with one attached hydrogen (secondary N) is 1. The van der Waals surface area contributed by atoms with Gasteiger partial charge in [-0.25, -0.2) is 13.4 Å². The summed E-state index contributed by atoms with van der Waals surface area (Å²) in [7, 11) is -3.52. The predicted molar refractivity (Wildman–Crippen MR) is 123 cm³/mol. The molecule has 2 aliphatic heterocycles. The molecule has 11 heteroatoms. The van der Waals surface area contributed by atoms with E-state index >= 15 is 0 Å². The van der Waals surface area contributed by atoms with Crippen LogP contribution in [0.1, 0.15) is 25.7 Å². The van der Waals surface area contributed by atoms with Gasteiger partial charge < -0.3 is 14.8 Å². The Hall–Kier alpha value is -2.01. The fourth-order valence-electron chi connectivity index (χ4n) is 3.46. The topological polar surface area (TPSA) is 97.8 Å². The average molecular weight is 498 g/mol. The smallest absolute Gasteiger partial charge is 0.244 e. The number of aromatic nitrogens is 1. The number of fused-ring (bicyclic) bond motifs is 1. The van der Waals surface area contributed by atoms with Gasteiger partial charge in [-0.05, 0) is 25.0 Å². The van der Waals surface area contributed by atoms with Crippen LogP contribution in [0, 0.1) is 0 Å². The van der Waals surface area contributed by atoms with Crippen LogP contribution in [0.15, 0.2) is 40.4 Å². The highest BCUT2D eigenvalue weighted by molar-refractivity contribution is 7.99. The molecule has 2 aromatic rings. The van der Waals surface area contributed by atoms with E-state index in [2.05, 4.69) is 10.3 Å². The molecule has 0 radical (unpaired) electrons. The summed E-state index contributed by atoms with van der Waals surface area (Å²) in [5.41, 5.74) is 0.442. The van der Waals surface area contributed by atoms with Gasteiger partial charge in [-0.3, -0.25) is 4.79 Å². The molecule has 1 saturated heterocycles. The van der Waals surface area contributed by atoms with Crippen molar-refractivity contribution in [3.8, 4) is 11.5 Å². The van der Waals surface area contributed by atoms with E-state index in [1.54, 1.807) is 18.2 Å². The average Bonchev–Trinajstić information content (AvgIpc) is 3.03. The molecule has 1 aromatic carbocycles. The fourth-order valence-corrected chi connectivity index (χ4v) is 5.77. The zero-order valence-corrected chi connectivity index (χ0v) is 19.8. The minimum atomic E-state index is -3.52. The summed E-state index contributed by atoms with van der Waals surface area (Å²) in [6.07, 6.45) is 4.94. The Morgan fingerprint density at radius 3 is 2.50 bits per heavy atom. The second kappa shape index (κ2) is 10.3. The minimum absolute atomic E-state index is 0.0932. The van der Waals surface area contributed by atoms with Crippen LogP contribution in [0.4, 0.5) is 5.69 Å². The fraction of sp³-hybridized carbons (Fsp3) is 0.429. The van der Waals surface area contributed by atoms with Gasteiger partial charge in [0.2, 0.25) is 15.9 Å². The van der Waals surface area contributed by atoms with Crippen molar-refractivity contribution in [2.45, 2.75) is 35.6 Å². The molecule has 0 atom stereocenters. The van der Waals surface area contributed by atoms with Crippen molar-refractivity contribution in [3.05, 3.63) is 35.5 Å². The third-order valence-electron chi connectivity index (χ3n) is 5.12. The van der Waals surface area contributed by atoms with E-state index in [-0.39, 0.29) is 16.6 Å². The van der Waals surface area contributed by atoms with Gasteiger partial charge in [0.05, 0.1) is 34.7 Å². The number of anilines is 1. The molecule has 0 unspecified atom stereocenters. The van der Waals surface area contributed by atoms with Crippen molar-refractivity contribution in [1.29, 1.82) is 0 Å². The first-order chi connectivity index (χ1) is 15.4. The molecular weight excluding hydrogens is 474 g/mol. The number of sulfonamides is 1. The molecule has 1 N–H and O–H groups in total. The van der Waals surface area contributed by atoms with Crippen LogP contribution < -0.4 is 14.8 Å².